The van der Waals surface area contributed by atoms with Gasteiger partial charge in [0.15, 0.2) is 0 Å². The third kappa shape index (κ3) is 2.61. The van der Waals surface area contributed by atoms with Gasteiger partial charge in [0.25, 0.3) is 0 Å². The van der Waals surface area contributed by atoms with Crippen LogP contribution < -0.4 is 5.73 Å². The van der Waals surface area contributed by atoms with Crippen LogP contribution in [0.3, 0.4) is 0 Å². The zero-order valence-electron chi connectivity index (χ0n) is 7.84. The summed E-state index contributed by atoms with van der Waals surface area (Å²) in [5.41, 5.74) is 8.31. The Morgan fingerprint density at radius 2 is 1.92 bits per heavy atom. The van der Waals surface area contributed by atoms with Gasteiger partial charge in [-0.3, -0.25) is 0 Å². The monoisotopic (exact) mass is 169 g/mol. The topological polar surface area (TPSA) is 46.2 Å². The van der Waals surface area contributed by atoms with Crippen molar-refractivity contribution in [1.82, 2.24) is 0 Å². The van der Waals surface area contributed by atoms with Gasteiger partial charge in [-0.05, 0) is 32.1 Å². The van der Waals surface area contributed by atoms with Crippen LogP contribution in [-0.2, 0) is 0 Å². The van der Waals surface area contributed by atoms with Crippen molar-refractivity contribution in [1.29, 1.82) is 0 Å². The summed E-state index contributed by atoms with van der Waals surface area (Å²) in [7, 11) is 0. The largest absolute Gasteiger partial charge is 0.379 e. The predicted octanol–water partition coefficient (Wildman–Crippen LogP) is 1.93. The van der Waals surface area contributed by atoms with Gasteiger partial charge in [0, 0.05) is 6.42 Å². The lowest BCUT2D eigenvalue weighted by molar-refractivity contribution is 0.180. The highest BCUT2D eigenvalue weighted by atomic mass is 16.3. The van der Waals surface area contributed by atoms with Crippen LogP contribution in [0.15, 0.2) is 11.1 Å². The first-order valence-corrected chi connectivity index (χ1v) is 4.87. The zero-order chi connectivity index (χ0) is 8.97. The van der Waals surface area contributed by atoms with Crippen LogP contribution in [0.25, 0.3) is 0 Å². The molecule has 0 bridgehead atoms. The van der Waals surface area contributed by atoms with E-state index in [4.69, 9.17) is 10.8 Å². The van der Waals surface area contributed by atoms with Gasteiger partial charge < -0.3 is 10.8 Å². The van der Waals surface area contributed by atoms with E-state index in [9.17, 15) is 0 Å². The Labute approximate surface area is 74.5 Å². The Hall–Kier alpha value is -0.340. The van der Waals surface area contributed by atoms with Gasteiger partial charge in [0.2, 0.25) is 0 Å². The number of rotatable bonds is 3. The SMILES string of the molecule is CCC1=C(CC(N)O)CCCC1. The molecule has 1 atom stereocenters. The van der Waals surface area contributed by atoms with Crippen LogP contribution in [0.4, 0.5) is 0 Å². The Morgan fingerprint density at radius 1 is 1.33 bits per heavy atom. The highest BCUT2D eigenvalue weighted by Crippen LogP contribution is 2.28. The van der Waals surface area contributed by atoms with Crippen LogP contribution in [0.1, 0.15) is 45.4 Å². The summed E-state index contributed by atoms with van der Waals surface area (Å²) in [6, 6.07) is 0. The van der Waals surface area contributed by atoms with E-state index in [0.717, 1.165) is 12.8 Å². The smallest absolute Gasteiger partial charge is 0.106 e. The van der Waals surface area contributed by atoms with Crippen molar-refractivity contribution < 1.29 is 5.11 Å². The van der Waals surface area contributed by atoms with Gasteiger partial charge in [0.05, 0.1) is 0 Å². The van der Waals surface area contributed by atoms with E-state index in [1.165, 1.54) is 30.4 Å². The molecule has 0 aromatic rings. The lowest BCUT2D eigenvalue weighted by Gasteiger charge is -2.20. The molecule has 0 spiro atoms. The van der Waals surface area contributed by atoms with Crippen LogP contribution in [0.2, 0.25) is 0 Å². The Balaban J connectivity index is 2.60. The first-order valence-electron chi connectivity index (χ1n) is 4.87. The summed E-state index contributed by atoms with van der Waals surface area (Å²) >= 11 is 0. The second kappa shape index (κ2) is 4.63. The molecule has 0 heterocycles. The van der Waals surface area contributed by atoms with E-state index in [1.54, 1.807) is 0 Å². The van der Waals surface area contributed by atoms with Gasteiger partial charge in [0.1, 0.15) is 6.23 Å². The van der Waals surface area contributed by atoms with E-state index in [1.807, 2.05) is 0 Å². The zero-order valence-corrected chi connectivity index (χ0v) is 7.84. The Kier molecular flexibility index (Phi) is 3.76. The lowest BCUT2D eigenvalue weighted by Crippen LogP contribution is -2.20. The summed E-state index contributed by atoms with van der Waals surface area (Å²) < 4.78 is 0. The molecule has 0 saturated heterocycles. The average Bonchev–Trinajstić information content (AvgIpc) is 2.04. The van der Waals surface area contributed by atoms with E-state index >= 15 is 0 Å². The Bertz CT molecular complexity index is 173. The maximum Gasteiger partial charge on any atom is 0.106 e. The molecule has 1 aliphatic rings. The minimum absolute atomic E-state index is 0.653. The van der Waals surface area contributed by atoms with Crippen molar-refractivity contribution in [2.45, 2.75) is 51.7 Å². The second-order valence-corrected chi connectivity index (χ2v) is 3.54. The molecule has 0 aromatic heterocycles. The highest BCUT2D eigenvalue weighted by molar-refractivity contribution is 5.17. The first kappa shape index (κ1) is 9.75. The van der Waals surface area contributed by atoms with Gasteiger partial charge in [-0.15, -0.1) is 0 Å². The molecule has 3 N–H and O–H groups in total. The third-order valence-corrected chi connectivity index (χ3v) is 2.59. The summed E-state index contributed by atoms with van der Waals surface area (Å²) in [5.74, 6) is 0. The molecule has 70 valence electrons. The fourth-order valence-electron chi connectivity index (χ4n) is 1.96. The minimum atomic E-state index is -0.653. The van der Waals surface area contributed by atoms with Crippen LogP contribution >= 0.6 is 0 Å². The molecule has 2 heteroatoms. The molecule has 1 aliphatic carbocycles. The third-order valence-electron chi connectivity index (χ3n) is 2.59. The highest BCUT2D eigenvalue weighted by Gasteiger charge is 2.12. The molecule has 0 amide bonds. The number of aliphatic hydroxyl groups excluding tert-OH is 1. The number of hydrogen-bond acceptors (Lipinski definition) is 2. The molecule has 0 saturated carbocycles. The summed E-state index contributed by atoms with van der Waals surface area (Å²) in [5, 5.41) is 9.06. The van der Waals surface area contributed by atoms with Crippen molar-refractivity contribution in [3.8, 4) is 0 Å². The maximum atomic E-state index is 9.06. The second-order valence-electron chi connectivity index (χ2n) is 3.54. The van der Waals surface area contributed by atoms with Crippen LogP contribution in [0, 0.1) is 0 Å². The summed E-state index contributed by atoms with van der Waals surface area (Å²) in [4.78, 5) is 0. The minimum Gasteiger partial charge on any atom is -0.379 e. The van der Waals surface area contributed by atoms with E-state index in [0.29, 0.717) is 6.42 Å². The van der Waals surface area contributed by atoms with Gasteiger partial charge >= 0.3 is 0 Å². The quantitative estimate of drug-likeness (QED) is 0.501. The summed E-state index contributed by atoms with van der Waals surface area (Å²) in [6.07, 6.45) is 6.11. The van der Waals surface area contributed by atoms with E-state index < -0.39 is 6.23 Å². The molecular formula is C10H19NO. The number of hydrogen-bond donors (Lipinski definition) is 2. The number of aliphatic hydroxyl groups is 1. The van der Waals surface area contributed by atoms with Crippen molar-refractivity contribution in [3.63, 3.8) is 0 Å². The molecule has 1 rings (SSSR count). The predicted molar refractivity (Wildman–Crippen MR) is 50.6 cm³/mol. The molecule has 1 unspecified atom stereocenters. The molecule has 2 nitrogen and oxygen atoms in total. The van der Waals surface area contributed by atoms with Crippen molar-refractivity contribution in [2.75, 3.05) is 0 Å². The Morgan fingerprint density at radius 3 is 2.42 bits per heavy atom. The van der Waals surface area contributed by atoms with Crippen LogP contribution in [-0.4, -0.2) is 11.3 Å². The molecule has 0 radical (unpaired) electrons. The van der Waals surface area contributed by atoms with Crippen molar-refractivity contribution in [2.24, 2.45) is 5.73 Å². The van der Waals surface area contributed by atoms with Gasteiger partial charge in [-0.25, -0.2) is 0 Å². The fraction of sp³-hybridized carbons (Fsp3) is 0.800. The number of nitrogens with two attached hydrogens (primary N) is 1. The first-order chi connectivity index (χ1) is 5.74. The van der Waals surface area contributed by atoms with Crippen molar-refractivity contribution in [3.05, 3.63) is 11.1 Å². The summed E-state index contributed by atoms with van der Waals surface area (Å²) in [6.45, 7) is 2.18. The normalized spacial score (nSPS) is 21.2. The molecule has 0 fully saturated rings. The van der Waals surface area contributed by atoms with Crippen molar-refractivity contribution >= 4 is 0 Å². The van der Waals surface area contributed by atoms with Gasteiger partial charge in [-0.1, -0.05) is 18.1 Å². The molecule has 0 aromatic carbocycles. The fourth-order valence-corrected chi connectivity index (χ4v) is 1.96. The van der Waals surface area contributed by atoms with Crippen LogP contribution in [0.5, 0.6) is 0 Å². The molecular weight excluding hydrogens is 150 g/mol. The molecule has 12 heavy (non-hydrogen) atoms. The van der Waals surface area contributed by atoms with Gasteiger partial charge in [-0.2, -0.15) is 0 Å². The van der Waals surface area contributed by atoms with E-state index in [2.05, 4.69) is 6.92 Å². The maximum absolute atomic E-state index is 9.06. The molecule has 0 aliphatic heterocycles. The lowest BCUT2D eigenvalue weighted by atomic mass is 9.88. The number of allylic oxidation sites excluding steroid dienone is 1. The standard InChI is InChI=1S/C10H19NO/c1-2-8-5-3-4-6-9(8)7-10(11)12/h10,12H,2-7,11H2,1H3. The van der Waals surface area contributed by atoms with E-state index in [-0.39, 0.29) is 0 Å². The average molecular weight is 169 g/mol.